The average molecular weight is 202 g/mol. The maximum atomic E-state index is 5.19. The van der Waals surface area contributed by atoms with Crippen molar-refractivity contribution in [3.63, 3.8) is 0 Å². The molecule has 1 atom stereocenters. The van der Waals surface area contributed by atoms with E-state index in [0.717, 1.165) is 13.0 Å². The van der Waals surface area contributed by atoms with Crippen LogP contribution in [0.1, 0.15) is 25.3 Å². The molecule has 1 aliphatic rings. The summed E-state index contributed by atoms with van der Waals surface area (Å²) in [7, 11) is 0. The van der Waals surface area contributed by atoms with E-state index in [1.54, 1.807) is 0 Å². The van der Waals surface area contributed by atoms with Crippen molar-refractivity contribution < 1.29 is 4.74 Å². The van der Waals surface area contributed by atoms with Crippen LogP contribution < -0.4 is 0 Å². The number of epoxide rings is 1. The summed E-state index contributed by atoms with van der Waals surface area (Å²) in [6, 6.07) is 10.6. The zero-order chi connectivity index (χ0) is 10.5. The van der Waals surface area contributed by atoms with Gasteiger partial charge < -0.3 is 4.74 Å². The molecule has 0 radical (unpaired) electrons. The predicted molar refractivity (Wildman–Crippen MR) is 62.9 cm³/mol. The van der Waals surface area contributed by atoms with Crippen molar-refractivity contribution in [3.05, 3.63) is 47.5 Å². The Morgan fingerprint density at radius 2 is 2.13 bits per heavy atom. The number of hydrogen-bond donors (Lipinski definition) is 0. The molecule has 0 aliphatic carbocycles. The molecule has 0 aromatic heterocycles. The Bertz CT molecular complexity index is 322. The van der Waals surface area contributed by atoms with Gasteiger partial charge in [-0.05, 0) is 31.7 Å². The average Bonchev–Trinajstić information content (AvgIpc) is 3.09. The molecule has 0 amide bonds. The third kappa shape index (κ3) is 3.88. The van der Waals surface area contributed by atoms with Crippen LogP contribution in [-0.2, 0) is 11.2 Å². The van der Waals surface area contributed by atoms with Gasteiger partial charge in [-0.25, -0.2) is 0 Å². The summed E-state index contributed by atoms with van der Waals surface area (Å²) in [6.07, 6.45) is 6.31. The highest BCUT2D eigenvalue weighted by molar-refractivity contribution is 5.18. The highest BCUT2D eigenvalue weighted by Crippen LogP contribution is 2.18. The number of hydrogen-bond acceptors (Lipinski definition) is 1. The van der Waals surface area contributed by atoms with Gasteiger partial charge in [0.1, 0.15) is 0 Å². The van der Waals surface area contributed by atoms with Gasteiger partial charge in [0.2, 0.25) is 0 Å². The molecule has 15 heavy (non-hydrogen) atoms. The first-order valence-corrected chi connectivity index (χ1v) is 5.66. The van der Waals surface area contributed by atoms with Crippen LogP contribution in [0.5, 0.6) is 0 Å². The lowest BCUT2D eigenvalue weighted by Gasteiger charge is -2.00. The second kappa shape index (κ2) is 5.13. The topological polar surface area (TPSA) is 12.5 Å². The zero-order valence-electron chi connectivity index (χ0n) is 9.28. The Hall–Kier alpha value is -1.08. The molecule has 1 heteroatoms. The Kier molecular flexibility index (Phi) is 3.57. The van der Waals surface area contributed by atoms with Gasteiger partial charge in [-0.15, -0.1) is 0 Å². The van der Waals surface area contributed by atoms with Gasteiger partial charge in [-0.1, -0.05) is 42.0 Å². The monoisotopic (exact) mass is 202 g/mol. The molecule has 1 saturated heterocycles. The summed E-state index contributed by atoms with van der Waals surface area (Å²) in [6.45, 7) is 3.19. The molecule has 80 valence electrons. The van der Waals surface area contributed by atoms with Crippen molar-refractivity contribution in [2.24, 2.45) is 0 Å². The summed E-state index contributed by atoms with van der Waals surface area (Å²) in [5, 5.41) is 0. The lowest BCUT2D eigenvalue weighted by molar-refractivity contribution is 0.396. The summed E-state index contributed by atoms with van der Waals surface area (Å²) in [5.74, 6) is 0. The van der Waals surface area contributed by atoms with Crippen LogP contribution in [0.2, 0.25) is 0 Å². The molecule has 0 unspecified atom stereocenters. The van der Waals surface area contributed by atoms with Crippen LogP contribution in [0.15, 0.2) is 42.0 Å². The van der Waals surface area contributed by atoms with Gasteiger partial charge in [0.15, 0.2) is 0 Å². The van der Waals surface area contributed by atoms with Crippen LogP contribution in [0.3, 0.4) is 0 Å². The van der Waals surface area contributed by atoms with E-state index in [2.05, 4.69) is 43.3 Å². The Morgan fingerprint density at radius 1 is 1.40 bits per heavy atom. The molecule has 1 nitrogen and oxygen atoms in total. The van der Waals surface area contributed by atoms with Crippen molar-refractivity contribution in [1.82, 2.24) is 0 Å². The van der Waals surface area contributed by atoms with Crippen molar-refractivity contribution in [3.8, 4) is 0 Å². The van der Waals surface area contributed by atoms with E-state index in [1.807, 2.05) is 0 Å². The molecule has 0 spiro atoms. The van der Waals surface area contributed by atoms with Gasteiger partial charge in [-0.3, -0.25) is 0 Å². The third-order valence-corrected chi connectivity index (χ3v) is 2.79. The highest BCUT2D eigenvalue weighted by Gasteiger charge is 2.21. The molecule has 1 heterocycles. The fraction of sp³-hybridized carbons (Fsp3) is 0.429. The number of allylic oxidation sites excluding steroid dienone is 2. The molecule has 1 aromatic rings. The smallest absolute Gasteiger partial charge is 0.0813 e. The second-order valence-electron chi connectivity index (χ2n) is 4.23. The van der Waals surface area contributed by atoms with Gasteiger partial charge in [0.25, 0.3) is 0 Å². The summed E-state index contributed by atoms with van der Waals surface area (Å²) in [4.78, 5) is 0. The molecule has 2 rings (SSSR count). The first kappa shape index (κ1) is 10.4. The predicted octanol–water partition coefficient (Wildman–Crippen LogP) is 3.35. The minimum absolute atomic E-state index is 0.560. The number of benzene rings is 1. The van der Waals surface area contributed by atoms with E-state index >= 15 is 0 Å². The van der Waals surface area contributed by atoms with Gasteiger partial charge >= 0.3 is 0 Å². The molecule has 1 fully saturated rings. The lowest BCUT2D eigenvalue weighted by atomic mass is 10.1. The number of ether oxygens (including phenoxy) is 1. The van der Waals surface area contributed by atoms with E-state index in [0.29, 0.717) is 6.10 Å². The number of rotatable bonds is 5. The van der Waals surface area contributed by atoms with E-state index in [1.165, 1.54) is 24.0 Å². The van der Waals surface area contributed by atoms with Gasteiger partial charge in [-0.2, -0.15) is 0 Å². The quantitative estimate of drug-likeness (QED) is 0.527. The fourth-order valence-corrected chi connectivity index (χ4v) is 1.63. The van der Waals surface area contributed by atoms with Gasteiger partial charge in [0, 0.05) is 0 Å². The summed E-state index contributed by atoms with van der Waals surface area (Å²) >= 11 is 0. The largest absolute Gasteiger partial charge is 0.373 e. The molecule has 1 aromatic carbocycles. The van der Waals surface area contributed by atoms with Crippen LogP contribution in [0.4, 0.5) is 0 Å². The molecular weight excluding hydrogens is 184 g/mol. The van der Waals surface area contributed by atoms with Crippen molar-refractivity contribution in [1.29, 1.82) is 0 Å². The maximum absolute atomic E-state index is 5.19. The lowest BCUT2D eigenvalue weighted by Crippen LogP contribution is -1.87. The SMILES string of the molecule is C/C(=C\Cc1ccccc1)CC[C@@H]1CO1. The minimum atomic E-state index is 0.560. The molecular formula is C14H18O. The van der Waals surface area contributed by atoms with E-state index in [9.17, 15) is 0 Å². The Labute approximate surface area is 91.8 Å². The molecule has 0 saturated carbocycles. The van der Waals surface area contributed by atoms with Crippen molar-refractivity contribution in [2.75, 3.05) is 6.61 Å². The maximum Gasteiger partial charge on any atom is 0.0813 e. The first-order chi connectivity index (χ1) is 7.34. The van der Waals surface area contributed by atoms with Crippen molar-refractivity contribution in [2.45, 2.75) is 32.3 Å². The van der Waals surface area contributed by atoms with Crippen LogP contribution >= 0.6 is 0 Å². The Morgan fingerprint density at radius 3 is 2.80 bits per heavy atom. The van der Waals surface area contributed by atoms with Crippen molar-refractivity contribution >= 4 is 0 Å². The Balaban J connectivity index is 1.76. The summed E-state index contributed by atoms with van der Waals surface area (Å²) in [5.41, 5.74) is 2.87. The molecule has 1 aliphatic heterocycles. The first-order valence-electron chi connectivity index (χ1n) is 5.66. The second-order valence-corrected chi connectivity index (χ2v) is 4.23. The summed E-state index contributed by atoms with van der Waals surface area (Å²) < 4.78 is 5.19. The standard InChI is InChI=1S/C14H18O/c1-12(8-10-14-11-15-14)7-9-13-5-3-2-4-6-13/h2-7,14H,8-11H2,1H3/b12-7+/t14-/m1/s1. The van der Waals surface area contributed by atoms with Crippen LogP contribution in [0, 0.1) is 0 Å². The minimum Gasteiger partial charge on any atom is -0.373 e. The van der Waals surface area contributed by atoms with Gasteiger partial charge in [0.05, 0.1) is 12.7 Å². The van der Waals surface area contributed by atoms with E-state index in [-0.39, 0.29) is 0 Å². The fourth-order valence-electron chi connectivity index (χ4n) is 1.63. The van der Waals surface area contributed by atoms with E-state index in [4.69, 9.17) is 4.74 Å². The highest BCUT2D eigenvalue weighted by atomic mass is 16.6. The molecule has 0 bridgehead atoms. The van der Waals surface area contributed by atoms with Crippen LogP contribution in [0.25, 0.3) is 0 Å². The van der Waals surface area contributed by atoms with Crippen LogP contribution in [-0.4, -0.2) is 12.7 Å². The zero-order valence-corrected chi connectivity index (χ0v) is 9.28. The normalized spacial score (nSPS) is 20.3. The molecule has 0 N–H and O–H groups in total. The van der Waals surface area contributed by atoms with E-state index < -0.39 is 0 Å². The third-order valence-electron chi connectivity index (χ3n) is 2.79.